The molecule has 3 aromatic rings. The van der Waals surface area contributed by atoms with Gasteiger partial charge in [0.1, 0.15) is 6.07 Å². The van der Waals surface area contributed by atoms with Gasteiger partial charge in [0.15, 0.2) is 11.5 Å². The number of ether oxygens (including phenoxy) is 1. The Balaban J connectivity index is 2.53. The molecule has 0 saturated carbocycles. The van der Waals surface area contributed by atoms with Gasteiger partial charge in [0.25, 0.3) is 0 Å². The number of hydrogen-bond donors (Lipinski definition) is 0. The molecule has 0 unspecified atom stereocenters. The van der Waals surface area contributed by atoms with Gasteiger partial charge in [0.2, 0.25) is 0 Å². The number of nitriles is 1. The van der Waals surface area contributed by atoms with Crippen LogP contribution in [0.15, 0.2) is 30.3 Å². The van der Waals surface area contributed by atoms with E-state index < -0.39 is 0 Å². The summed E-state index contributed by atoms with van der Waals surface area (Å²) >= 11 is 0. The Labute approximate surface area is 110 Å². The minimum absolute atomic E-state index is 0.576. The third-order valence-electron chi connectivity index (χ3n) is 3.14. The number of benzene rings is 1. The molecule has 0 aliphatic rings. The fraction of sp³-hybridized carbons (Fsp3) is 0.200. The van der Waals surface area contributed by atoms with Crippen LogP contribution >= 0.6 is 0 Å². The van der Waals surface area contributed by atoms with Gasteiger partial charge in [-0.1, -0.05) is 12.1 Å². The number of aryl methyl sites for hydroxylation is 1. The second-order valence-electron chi connectivity index (χ2n) is 4.34. The normalized spacial score (nSPS) is 10.8. The standard InChI is InChI=1S/C15H13N3O/c1-3-19-14-8-10(2)11(9-16)15-17-12-6-4-5-7-13(12)18(14)15/h4-8H,3H2,1-2H3. The lowest BCUT2D eigenvalue weighted by Crippen LogP contribution is -2.01. The van der Waals surface area contributed by atoms with Crippen LogP contribution in [0, 0.1) is 18.3 Å². The predicted molar refractivity (Wildman–Crippen MR) is 73.3 cm³/mol. The van der Waals surface area contributed by atoms with Crippen molar-refractivity contribution in [1.82, 2.24) is 9.38 Å². The van der Waals surface area contributed by atoms with Crippen LogP contribution < -0.4 is 4.74 Å². The molecule has 0 aliphatic heterocycles. The van der Waals surface area contributed by atoms with Crippen LogP contribution in [0.4, 0.5) is 0 Å². The van der Waals surface area contributed by atoms with Crippen LogP contribution in [0.25, 0.3) is 16.7 Å². The van der Waals surface area contributed by atoms with Crippen molar-refractivity contribution in [2.24, 2.45) is 0 Å². The zero-order valence-electron chi connectivity index (χ0n) is 10.8. The van der Waals surface area contributed by atoms with Crippen molar-refractivity contribution in [3.05, 3.63) is 41.5 Å². The molecule has 94 valence electrons. The topological polar surface area (TPSA) is 50.3 Å². The Morgan fingerprint density at radius 1 is 1.37 bits per heavy atom. The van der Waals surface area contributed by atoms with Crippen molar-refractivity contribution < 1.29 is 4.74 Å². The molecule has 19 heavy (non-hydrogen) atoms. The number of para-hydroxylation sites is 2. The largest absolute Gasteiger partial charge is 0.479 e. The average molecular weight is 251 g/mol. The van der Waals surface area contributed by atoms with E-state index in [-0.39, 0.29) is 0 Å². The molecule has 0 spiro atoms. The van der Waals surface area contributed by atoms with Crippen molar-refractivity contribution in [2.45, 2.75) is 13.8 Å². The van der Waals surface area contributed by atoms with E-state index in [0.717, 1.165) is 22.5 Å². The molecule has 4 nitrogen and oxygen atoms in total. The van der Waals surface area contributed by atoms with Crippen molar-refractivity contribution in [3.63, 3.8) is 0 Å². The molecule has 0 N–H and O–H groups in total. The van der Waals surface area contributed by atoms with Crippen LogP contribution in [0.3, 0.4) is 0 Å². The highest BCUT2D eigenvalue weighted by molar-refractivity contribution is 5.83. The second kappa shape index (κ2) is 4.29. The maximum absolute atomic E-state index is 9.32. The monoisotopic (exact) mass is 251 g/mol. The molecule has 0 saturated heterocycles. The molecular formula is C15H13N3O. The predicted octanol–water partition coefficient (Wildman–Crippen LogP) is 3.07. The number of imidazole rings is 1. The van der Waals surface area contributed by atoms with E-state index in [4.69, 9.17) is 4.74 Å². The van der Waals surface area contributed by atoms with E-state index in [1.165, 1.54) is 0 Å². The second-order valence-corrected chi connectivity index (χ2v) is 4.34. The lowest BCUT2D eigenvalue weighted by atomic mass is 10.1. The highest BCUT2D eigenvalue weighted by Gasteiger charge is 2.15. The van der Waals surface area contributed by atoms with E-state index in [1.807, 2.05) is 48.6 Å². The van der Waals surface area contributed by atoms with Crippen LogP contribution in [0.1, 0.15) is 18.1 Å². The number of aromatic nitrogens is 2. The number of nitrogens with zero attached hydrogens (tertiary/aromatic N) is 3. The van der Waals surface area contributed by atoms with Gasteiger partial charge in [-0.25, -0.2) is 4.98 Å². The van der Waals surface area contributed by atoms with Crippen molar-refractivity contribution in [1.29, 1.82) is 5.26 Å². The summed E-state index contributed by atoms with van der Waals surface area (Å²) in [6, 6.07) is 11.9. The summed E-state index contributed by atoms with van der Waals surface area (Å²) in [6.07, 6.45) is 0. The molecule has 3 rings (SSSR count). The number of hydrogen-bond acceptors (Lipinski definition) is 3. The van der Waals surface area contributed by atoms with Gasteiger partial charge in [-0.3, -0.25) is 4.40 Å². The molecule has 0 amide bonds. The molecule has 0 bridgehead atoms. The van der Waals surface area contributed by atoms with Gasteiger partial charge >= 0.3 is 0 Å². The van der Waals surface area contributed by atoms with Crippen LogP contribution in [-0.4, -0.2) is 16.0 Å². The van der Waals surface area contributed by atoms with E-state index in [2.05, 4.69) is 11.1 Å². The molecule has 2 heterocycles. The quantitative estimate of drug-likeness (QED) is 0.703. The van der Waals surface area contributed by atoms with Crippen LogP contribution in [-0.2, 0) is 0 Å². The third kappa shape index (κ3) is 1.63. The van der Waals surface area contributed by atoms with E-state index in [1.54, 1.807) is 0 Å². The Hall–Kier alpha value is -2.54. The van der Waals surface area contributed by atoms with Crippen LogP contribution in [0.2, 0.25) is 0 Å². The summed E-state index contributed by atoms with van der Waals surface area (Å²) in [7, 11) is 0. The number of pyridine rings is 1. The SMILES string of the molecule is CCOc1cc(C)c(C#N)c2nc3ccccc3n12. The maximum Gasteiger partial charge on any atom is 0.200 e. The van der Waals surface area contributed by atoms with Gasteiger partial charge in [-0.05, 0) is 31.5 Å². The average Bonchev–Trinajstić information content (AvgIpc) is 2.78. The summed E-state index contributed by atoms with van der Waals surface area (Å²) in [5.74, 6) is 0.725. The van der Waals surface area contributed by atoms with Gasteiger partial charge in [-0.2, -0.15) is 5.26 Å². The Morgan fingerprint density at radius 2 is 2.16 bits per heavy atom. The summed E-state index contributed by atoms with van der Waals surface area (Å²) in [5, 5.41) is 9.32. The first kappa shape index (κ1) is 11.5. The highest BCUT2D eigenvalue weighted by atomic mass is 16.5. The molecule has 2 aromatic heterocycles. The third-order valence-corrected chi connectivity index (χ3v) is 3.14. The summed E-state index contributed by atoms with van der Waals surface area (Å²) in [6.45, 7) is 4.42. The number of rotatable bonds is 2. The highest BCUT2D eigenvalue weighted by Crippen LogP contribution is 2.27. The zero-order chi connectivity index (χ0) is 13.4. The lowest BCUT2D eigenvalue weighted by molar-refractivity contribution is 0.323. The molecule has 4 heteroatoms. The van der Waals surface area contributed by atoms with Gasteiger partial charge < -0.3 is 4.74 Å². The minimum atomic E-state index is 0.576. The first-order valence-corrected chi connectivity index (χ1v) is 6.20. The Bertz CT molecular complexity index is 811. The van der Waals surface area contributed by atoms with Gasteiger partial charge in [0.05, 0.1) is 23.2 Å². The smallest absolute Gasteiger partial charge is 0.200 e. The van der Waals surface area contributed by atoms with E-state index >= 15 is 0 Å². The Morgan fingerprint density at radius 3 is 2.89 bits per heavy atom. The van der Waals surface area contributed by atoms with Gasteiger partial charge in [-0.15, -0.1) is 0 Å². The van der Waals surface area contributed by atoms with Crippen LogP contribution in [0.5, 0.6) is 5.88 Å². The molecule has 0 fully saturated rings. The molecule has 0 aliphatic carbocycles. The first-order chi connectivity index (χ1) is 9.26. The zero-order valence-corrected chi connectivity index (χ0v) is 10.8. The van der Waals surface area contributed by atoms with E-state index in [0.29, 0.717) is 17.8 Å². The lowest BCUT2D eigenvalue weighted by Gasteiger charge is -2.09. The van der Waals surface area contributed by atoms with Gasteiger partial charge in [0, 0.05) is 6.07 Å². The fourth-order valence-electron chi connectivity index (χ4n) is 2.31. The summed E-state index contributed by atoms with van der Waals surface area (Å²) in [4.78, 5) is 4.55. The Kier molecular flexibility index (Phi) is 2.60. The maximum atomic E-state index is 9.32. The molecule has 0 atom stereocenters. The first-order valence-electron chi connectivity index (χ1n) is 6.20. The minimum Gasteiger partial charge on any atom is -0.479 e. The fourth-order valence-corrected chi connectivity index (χ4v) is 2.31. The summed E-state index contributed by atoms with van der Waals surface area (Å²) < 4.78 is 7.59. The van der Waals surface area contributed by atoms with Crippen molar-refractivity contribution >= 4 is 16.7 Å². The van der Waals surface area contributed by atoms with Crippen molar-refractivity contribution in [2.75, 3.05) is 6.61 Å². The summed E-state index contributed by atoms with van der Waals surface area (Å²) in [5.41, 5.74) is 3.96. The molecule has 0 radical (unpaired) electrons. The molecular weight excluding hydrogens is 238 g/mol. The van der Waals surface area contributed by atoms with Crippen molar-refractivity contribution in [3.8, 4) is 11.9 Å². The van der Waals surface area contributed by atoms with E-state index in [9.17, 15) is 5.26 Å². The molecule has 1 aromatic carbocycles. The number of fused-ring (bicyclic) bond motifs is 3.